The van der Waals surface area contributed by atoms with Gasteiger partial charge in [0.25, 0.3) is 0 Å². The van der Waals surface area contributed by atoms with Crippen LogP contribution in [0.2, 0.25) is 0 Å². The highest BCUT2D eigenvalue weighted by Crippen LogP contribution is 2.39. The van der Waals surface area contributed by atoms with Gasteiger partial charge in [-0.3, -0.25) is 4.79 Å². The van der Waals surface area contributed by atoms with Crippen LogP contribution in [0.1, 0.15) is 64.9 Å². The molecule has 0 aromatic heterocycles. The predicted molar refractivity (Wildman–Crippen MR) is 92.5 cm³/mol. The van der Waals surface area contributed by atoms with Gasteiger partial charge < -0.3 is 4.90 Å². The molecule has 2 rings (SSSR count). The topological polar surface area (TPSA) is 20.3 Å². The van der Waals surface area contributed by atoms with Gasteiger partial charge in [0, 0.05) is 19.0 Å². The summed E-state index contributed by atoms with van der Waals surface area (Å²) in [6.45, 7) is 8.59. The number of carbonyl (C=O) groups is 1. The van der Waals surface area contributed by atoms with Gasteiger partial charge in [0.1, 0.15) is 0 Å². The maximum atomic E-state index is 12.7. The van der Waals surface area contributed by atoms with E-state index < -0.39 is 0 Å². The normalized spacial score (nSPS) is 19.0. The molecule has 22 heavy (non-hydrogen) atoms. The third kappa shape index (κ3) is 4.34. The summed E-state index contributed by atoms with van der Waals surface area (Å²) in [6, 6.07) is 10.3. The number of hydrogen-bond acceptors (Lipinski definition) is 1. The van der Waals surface area contributed by atoms with Crippen molar-refractivity contribution in [3.63, 3.8) is 0 Å². The molecule has 1 aromatic rings. The Balaban J connectivity index is 1.95. The first kappa shape index (κ1) is 17.1. The summed E-state index contributed by atoms with van der Waals surface area (Å²) < 4.78 is 0. The summed E-state index contributed by atoms with van der Waals surface area (Å²) in [5, 5.41) is 0. The molecule has 0 bridgehead atoms. The monoisotopic (exact) mass is 301 g/mol. The molecule has 1 heterocycles. The Hall–Kier alpha value is -1.31. The summed E-state index contributed by atoms with van der Waals surface area (Å²) >= 11 is 0. The molecule has 0 aliphatic carbocycles. The van der Waals surface area contributed by atoms with Crippen molar-refractivity contribution in [3.8, 4) is 0 Å². The van der Waals surface area contributed by atoms with Crippen LogP contribution < -0.4 is 0 Å². The molecule has 1 atom stereocenters. The van der Waals surface area contributed by atoms with Crippen molar-refractivity contribution < 1.29 is 4.79 Å². The van der Waals surface area contributed by atoms with Gasteiger partial charge in [-0.25, -0.2) is 0 Å². The lowest BCUT2D eigenvalue weighted by atomic mass is 9.74. The second kappa shape index (κ2) is 7.80. The molecule has 2 nitrogen and oxygen atoms in total. The molecule has 0 spiro atoms. The number of amides is 1. The molecular formula is C20H31NO. The van der Waals surface area contributed by atoms with Crippen molar-refractivity contribution in [2.75, 3.05) is 6.54 Å². The van der Waals surface area contributed by atoms with Crippen molar-refractivity contribution in [1.29, 1.82) is 0 Å². The number of nitrogens with zero attached hydrogens (tertiary/aromatic N) is 1. The average Bonchev–Trinajstić information content (AvgIpc) is 2.82. The lowest BCUT2D eigenvalue weighted by Crippen LogP contribution is -2.29. The third-order valence-corrected chi connectivity index (χ3v) is 5.07. The van der Waals surface area contributed by atoms with E-state index in [4.69, 9.17) is 0 Å². The first-order chi connectivity index (χ1) is 10.6. The smallest absolute Gasteiger partial charge is 0.226 e. The van der Waals surface area contributed by atoms with Crippen molar-refractivity contribution in [1.82, 2.24) is 4.90 Å². The summed E-state index contributed by atoms with van der Waals surface area (Å²) in [6.07, 6.45) is 7.01. The quantitative estimate of drug-likeness (QED) is 0.659. The number of rotatable bonds is 8. The van der Waals surface area contributed by atoms with Gasteiger partial charge in [0.2, 0.25) is 5.91 Å². The second-order valence-corrected chi connectivity index (χ2v) is 7.25. The van der Waals surface area contributed by atoms with Crippen LogP contribution in [0.5, 0.6) is 0 Å². The van der Waals surface area contributed by atoms with E-state index >= 15 is 0 Å². The van der Waals surface area contributed by atoms with Gasteiger partial charge in [0.15, 0.2) is 0 Å². The van der Waals surface area contributed by atoms with Crippen LogP contribution in [0.25, 0.3) is 0 Å². The SMILES string of the molecule is CCCC(C)(CCC)CC1CCN(Cc2ccccc2)C1=O. The van der Waals surface area contributed by atoms with Crippen LogP contribution in [0.4, 0.5) is 0 Å². The fourth-order valence-corrected chi connectivity index (χ4v) is 4.08. The highest BCUT2D eigenvalue weighted by molar-refractivity contribution is 5.80. The molecule has 1 unspecified atom stereocenters. The predicted octanol–water partition coefficient (Wildman–Crippen LogP) is 5.03. The molecule has 1 aromatic carbocycles. The van der Waals surface area contributed by atoms with E-state index in [0.29, 0.717) is 11.3 Å². The minimum atomic E-state index is 0.242. The lowest BCUT2D eigenvalue weighted by Gasteiger charge is -2.31. The van der Waals surface area contributed by atoms with E-state index in [0.717, 1.165) is 25.9 Å². The van der Waals surface area contributed by atoms with Crippen molar-refractivity contribution >= 4 is 5.91 Å². The van der Waals surface area contributed by atoms with Gasteiger partial charge in [-0.05, 0) is 36.7 Å². The zero-order chi connectivity index (χ0) is 16.0. The third-order valence-electron chi connectivity index (χ3n) is 5.07. The fraction of sp³-hybridized carbons (Fsp3) is 0.650. The molecule has 122 valence electrons. The van der Waals surface area contributed by atoms with Gasteiger partial charge >= 0.3 is 0 Å². The fourth-order valence-electron chi connectivity index (χ4n) is 4.08. The Kier molecular flexibility index (Phi) is 6.05. The van der Waals surface area contributed by atoms with Crippen LogP contribution in [-0.2, 0) is 11.3 Å². The van der Waals surface area contributed by atoms with Crippen molar-refractivity contribution in [2.45, 2.75) is 65.8 Å². The van der Waals surface area contributed by atoms with Gasteiger partial charge in [-0.15, -0.1) is 0 Å². The number of benzene rings is 1. The van der Waals surface area contributed by atoms with Crippen LogP contribution in [0, 0.1) is 11.3 Å². The first-order valence-corrected chi connectivity index (χ1v) is 8.90. The van der Waals surface area contributed by atoms with E-state index in [1.165, 1.54) is 31.2 Å². The van der Waals surface area contributed by atoms with Crippen molar-refractivity contribution in [2.24, 2.45) is 11.3 Å². The largest absolute Gasteiger partial charge is 0.338 e. The zero-order valence-corrected chi connectivity index (χ0v) is 14.5. The summed E-state index contributed by atoms with van der Waals surface area (Å²) in [4.78, 5) is 14.8. The standard InChI is InChI=1S/C20H31NO/c1-4-12-20(3,13-5-2)15-18-11-14-21(19(18)22)16-17-9-7-6-8-10-17/h6-10,18H,4-5,11-16H2,1-3H3. The van der Waals surface area contributed by atoms with Crippen LogP contribution in [-0.4, -0.2) is 17.4 Å². The minimum absolute atomic E-state index is 0.242. The van der Waals surface area contributed by atoms with Crippen molar-refractivity contribution in [3.05, 3.63) is 35.9 Å². The molecule has 1 aliphatic rings. The molecule has 0 saturated carbocycles. The maximum absolute atomic E-state index is 12.7. The number of likely N-dealkylation sites (tertiary alicyclic amines) is 1. The Morgan fingerprint density at radius 1 is 1.14 bits per heavy atom. The molecule has 0 N–H and O–H groups in total. The maximum Gasteiger partial charge on any atom is 0.226 e. The number of hydrogen-bond donors (Lipinski definition) is 0. The van der Waals surface area contributed by atoms with Crippen LogP contribution in [0.3, 0.4) is 0 Å². The summed E-state index contributed by atoms with van der Waals surface area (Å²) in [7, 11) is 0. The van der Waals surface area contributed by atoms with Crippen LogP contribution >= 0.6 is 0 Å². The molecular weight excluding hydrogens is 270 g/mol. The molecule has 1 aliphatic heterocycles. The molecule has 1 saturated heterocycles. The Bertz CT molecular complexity index is 462. The van der Waals surface area contributed by atoms with E-state index in [1.54, 1.807) is 0 Å². The highest BCUT2D eigenvalue weighted by atomic mass is 16.2. The molecule has 1 amide bonds. The van der Waals surface area contributed by atoms with E-state index in [-0.39, 0.29) is 5.92 Å². The van der Waals surface area contributed by atoms with Gasteiger partial charge in [-0.2, -0.15) is 0 Å². The Labute approximate surface area is 135 Å². The summed E-state index contributed by atoms with van der Waals surface area (Å²) in [5.74, 6) is 0.620. The van der Waals surface area contributed by atoms with E-state index in [9.17, 15) is 4.79 Å². The van der Waals surface area contributed by atoms with E-state index in [1.807, 2.05) is 18.2 Å². The lowest BCUT2D eigenvalue weighted by molar-refractivity contribution is -0.132. The number of carbonyl (C=O) groups excluding carboxylic acids is 1. The minimum Gasteiger partial charge on any atom is -0.338 e. The zero-order valence-electron chi connectivity index (χ0n) is 14.5. The van der Waals surface area contributed by atoms with E-state index in [2.05, 4.69) is 37.8 Å². The van der Waals surface area contributed by atoms with Gasteiger partial charge in [0.05, 0.1) is 0 Å². The van der Waals surface area contributed by atoms with Crippen LogP contribution in [0.15, 0.2) is 30.3 Å². The molecule has 1 fully saturated rings. The van der Waals surface area contributed by atoms with Gasteiger partial charge in [-0.1, -0.05) is 63.9 Å². The Morgan fingerprint density at radius 2 is 1.77 bits per heavy atom. The molecule has 0 radical (unpaired) electrons. The second-order valence-electron chi connectivity index (χ2n) is 7.25. The highest BCUT2D eigenvalue weighted by Gasteiger charge is 2.36. The Morgan fingerprint density at radius 3 is 2.36 bits per heavy atom. The molecule has 2 heteroatoms. The average molecular weight is 301 g/mol. The summed E-state index contributed by atoms with van der Waals surface area (Å²) in [5.41, 5.74) is 1.58. The first-order valence-electron chi connectivity index (χ1n) is 8.90.